The van der Waals surface area contributed by atoms with Gasteiger partial charge in [0.15, 0.2) is 5.75 Å². The summed E-state index contributed by atoms with van der Waals surface area (Å²) in [4.78, 5) is 15.0. The smallest absolute Gasteiger partial charge is 0.339 e. The summed E-state index contributed by atoms with van der Waals surface area (Å²) in [5.41, 5.74) is 1.59. The van der Waals surface area contributed by atoms with Crippen LogP contribution in [0.2, 0.25) is 0 Å². The standard InChI is InChI=1S/C25H23BrN4O5S/c26-17-10-15-23-28-24(25(29(23)16-17)27-18-6-2-1-3-7-18)21-8-4-5-9-22(21)35-36(33,34)20-13-11-19(12-14-20)30(31)32/h4-5,8-16,18,27H,1-3,6-7H2. The number of anilines is 1. The molecule has 0 amide bonds. The molecule has 0 aliphatic heterocycles. The Bertz CT molecular complexity index is 1530. The number of pyridine rings is 1. The first-order valence-electron chi connectivity index (χ1n) is 11.5. The number of fused-ring (bicyclic) bond motifs is 1. The summed E-state index contributed by atoms with van der Waals surface area (Å²) in [6.45, 7) is 0. The Labute approximate surface area is 216 Å². The molecule has 1 aliphatic carbocycles. The monoisotopic (exact) mass is 570 g/mol. The summed E-state index contributed by atoms with van der Waals surface area (Å²) in [5.74, 6) is 0.881. The Balaban J connectivity index is 1.56. The lowest BCUT2D eigenvalue weighted by Crippen LogP contribution is -2.23. The van der Waals surface area contributed by atoms with Gasteiger partial charge in [-0.25, -0.2) is 4.98 Å². The van der Waals surface area contributed by atoms with E-state index in [4.69, 9.17) is 9.17 Å². The average Bonchev–Trinajstić information content (AvgIpc) is 3.22. The fourth-order valence-electron chi connectivity index (χ4n) is 4.42. The summed E-state index contributed by atoms with van der Waals surface area (Å²) in [6, 6.07) is 15.5. The molecule has 0 spiro atoms. The lowest BCUT2D eigenvalue weighted by atomic mass is 9.95. The molecule has 5 rings (SSSR count). The number of nitrogens with one attached hydrogen (secondary N) is 1. The largest absolute Gasteiger partial charge is 0.378 e. The molecule has 0 radical (unpaired) electrons. The van der Waals surface area contributed by atoms with E-state index in [-0.39, 0.29) is 22.4 Å². The van der Waals surface area contributed by atoms with E-state index in [2.05, 4.69) is 21.2 Å². The summed E-state index contributed by atoms with van der Waals surface area (Å²) in [7, 11) is -4.25. The maximum atomic E-state index is 13.0. The minimum absolute atomic E-state index is 0.116. The third-order valence-corrected chi connectivity index (χ3v) is 7.92. The summed E-state index contributed by atoms with van der Waals surface area (Å²) < 4.78 is 34.5. The fraction of sp³-hybridized carbons (Fsp3) is 0.240. The van der Waals surface area contributed by atoms with Gasteiger partial charge in [0.25, 0.3) is 5.69 Å². The third kappa shape index (κ3) is 4.93. The molecular weight excluding hydrogens is 548 g/mol. The Kier molecular flexibility index (Phi) is 6.67. The second kappa shape index (κ2) is 9.90. The zero-order valence-corrected chi connectivity index (χ0v) is 21.5. The molecule has 1 aliphatic rings. The van der Waals surface area contributed by atoms with Crippen LogP contribution in [-0.2, 0) is 10.1 Å². The molecule has 2 aromatic heterocycles. The molecule has 2 aromatic carbocycles. The number of imidazole rings is 1. The molecule has 11 heteroatoms. The maximum Gasteiger partial charge on any atom is 0.339 e. The zero-order valence-electron chi connectivity index (χ0n) is 19.1. The highest BCUT2D eigenvalue weighted by Gasteiger charge is 2.25. The van der Waals surface area contributed by atoms with Gasteiger partial charge >= 0.3 is 10.1 Å². The molecule has 186 valence electrons. The summed E-state index contributed by atoms with van der Waals surface area (Å²) in [6.07, 6.45) is 7.55. The Morgan fingerprint density at radius 2 is 1.75 bits per heavy atom. The molecule has 0 atom stereocenters. The van der Waals surface area contributed by atoms with Crippen molar-refractivity contribution >= 4 is 43.2 Å². The van der Waals surface area contributed by atoms with Crippen molar-refractivity contribution in [1.29, 1.82) is 0 Å². The van der Waals surface area contributed by atoms with Crippen LogP contribution >= 0.6 is 15.9 Å². The van der Waals surface area contributed by atoms with Crippen LogP contribution in [0.3, 0.4) is 0 Å². The van der Waals surface area contributed by atoms with Gasteiger partial charge < -0.3 is 9.50 Å². The molecule has 2 heterocycles. The number of hydrogen-bond acceptors (Lipinski definition) is 7. The van der Waals surface area contributed by atoms with Gasteiger partial charge in [-0.1, -0.05) is 31.4 Å². The van der Waals surface area contributed by atoms with E-state index in [1.54, 1.807) is 24.3 Å². The van der Waals surface area contributed by atoms with Crippen molar-refractivity contribution < 1.29 is 17.5 Å². The Hall–Kier alpha value is -3.44. The minimum atomic E-state index is -4.25. The Morgan fingerprint density at radius 3 is 2.47 bits per heavy atom. The van der Waals surface area contributed by atoms with Gasteiger partial charge in [-0.2, -0.15) is 8.42 Å². The predicted molar refractivity (Wildman–Crippen MR) is 140 cm³/mol. The normalized spacial score (nSPS) is 14.6. The second-order valence-electron chi connectivity index (χ2n) is 8.65. The van der Waals surface area contributed by atoms with Crippen LogP contribution < -0.4 is 9.50 Å². The molecule has 1 N–H and O–H groups in total. The van der Waals surface area contributed by atoms with Crippen LogP contribution in [0.15, 0.2) is 76.2 Å². The first-order valence-corrected chi connectivity index (χ1v) is 13.7. The zero-order chi connectivity index (χ0) is 25.3. The van der Waals surface area contributed by atoms with Gasteiger partial charge in [0.05, 0.1) is 4.92 Å². The topological polar surface area (TPSA) is 116 Å². The predicted octanol–water partition coefficient (Wildman–Crippen LogP) is 6.18. The van der Waals surface area contributed by atoms with Crippen molar-refractivity contribution in [3.05, 3.63) is 81.4 Å². The molecule has 0 unspecified atom stereocenters. The quantitative estimate of drug-likeness (QED) is 0.160. The first-order chi connectivity index (χ1) is 17.3. The van der Waals surface area contributed by atoms with Crippen molar-refractivity contribution in [3.8, 4) is 17.0 Å². The van der Waals surface area contributed by atoms with Crippen LogP contribution in [0.1, 0.15) is 32.1 Å². The first kappa shape index (κ1) is 24.3. The van der Waals surface area contributed by atoms with Crippen molar-refractivity contribution in [1.82, 2.24) is 9.38 Å². The molecular formula is C25H23BrN4O5S. The van der Waals surface area contributed by atoms with E-state index < -0.39 is 15.0 Å². The number of non-ortho nitro benzene ring substituents is 1. The SMILES string of the molecule is O=[N+]([O-])c1ccc(S(=O)(=O)Oc2ccccc2-c2nc3ccc(Br)cn3c2NC2CCCCC2)cc1. The van der Waals surface area contributed by atoms with Crippen molar-refractivity contribution in [2.75, 3.05) is 5.32 Å². The van der Waals surface area contributed by atoms with Gasteiger partial charge in [-0.15, -0.1) is 0 Å². The molecule has 0 bridgehead atoms. The van der Waals surface area contributed by atoms with Crippen LogP contribution in [0, 0.1) is 10.1 Å². The number of rotatable bonds is 7. The van der Waals surface area contributed by atoms with E-state index >= 15 is 0 Å². The van der Waals surface area contributed by atoms with Crippen LogP contribution in [0.4, 0.5) is 11.5 Å². The number of para-hydroxylation sites is 1. The molecule has 1 fully saturated rings. The number of nitro groups is 1. The molecule has 4 aromatic rings. The van der Waals surface area contributed by atoms with E-state index in [1.165, 1.54) is 6.42 Å². The highest BCUT2D eigenvalue weighted by Crippen LogP contribution is 2.38. The maximum absolute atomic E-state index is 13.0. The van der Waals surface area contributed by atoms with Crippen LogP contribution in [0.25, 0.3) is 16.9 Å². The van der Waals surface area contributed by atoms with Crippen molar-refractivity contribution in [2.45, 2.75) is 43.0 Å². The van der Waals surface area contributed by atoms with Crippen molar-refractivity contribution in [2.24, 2.45) is 0 Å². The second-order valence-corrected chi connectivity index (χ2v) is 11.1. The summed E-state index contributed by atoms with van der Waals surface area (Å²) >= 11 is 3.53. The Morgan fingerprint density at radius 1 is 1.03 bits per heavy atom. The van der Waals surface area contributed by atoms with E-state index in [0.29, 0.717) is 16.9 Å². The highest BCUT2D eigenvalue weighted by atomic mass is 79.9. The number of aromatic nitrogens is 2. The summed E-state index contributed by atoms with van der Waals surface area (Å²) in [5, 5.41) is 14.6. The van der Waals surface area contributed by atoms with Crippen molar-refractivity contribution in [3.63, 3.8) is 0 Å². The molecule has 0 saturated heterocycles. The van der Waals surface area contributed by atoms with Gasteiger partial charge in [-0.3, -0.25) is 14.5 Å². The number of halogens is 1. The van der Waals surface area contributed by atoms with Crippen LogP contribution in [0.5, 0.6) is 5.75 Å². The van der Waals surface area contributed by atoms with Gasteiger partial charge in [0.1, 0.15) is 22.1 Å². The average molecular weight is 571 g/mol. The van der Waals surface area contributed by atoms with Gasteiger partial charge in [0.2, 0.25) is 0 Å². The van der Waals surface area contributed by atoms with Gasteiger partial charge in [-0.05, 0) is 65.2 Å². The van der Waals surface area contributed by atoms with Crippen LogP contribution in [-0.4, -0.2) is 28.8 Å². The number of benzene rings is 2. The highest BCUT2D eigenvalue weighted by molar-refractivity contribution is 9.10. The number of nitro benzene ring substituents is 1. The number of nitrogens with zero attached hydrogens (tertiary/aromatic N) is 3. The fourth-order valence-corrected chi connectivity index (χ4v) is 5.70. The molecule has 36 heavy (non-hydrogen) atoms. The molecule has 9 nitrogen and oxygen atoms in total. The van der Waals surface area contributed by atoms with E-state index in [9.17, 15) is 18.5 Å². The third-order valence-electron chi connectivity index (χ3n) is 6.21. The number of hydrogen-bond donors (Lipinski definition) is 1. The minimum Gasteiger partial charge on any atom is -0.378 e. The van der Waals surface area contributed by atoms with E-state index in [0.717, 1.165) is 60.2 Å². The molecule has 1 saturated carbocycles. The lowest BCUT2D eigenvalue weighted by Gasteiger charge is -2.24. The van der Waals surface area contributed by atoms with E-state index in [1.807, 2.05) is 22.7 Å². The van der Waals surface area contributed by atoms with Gasteiger partial charge in [0, 0.05) is 34.4 Å². The lowest BCUT2D eigenvalue weighted by molar-refractivity contribution is -0.384.